The molecule has 0 saturated carbocycles. The highest BCUT2D eigenvalue weighted by Crippen LogP contribution is 2.21. The lowest BCUT2D eigenvalue weighted by molar-refractivity contribution is 0.0293. The molecule has 1 aliphatic heterocycles. The summed E-state index contributed by atoms with van der Waals surface area (Å²) >= 11 is 5.75. The summed E-state index contributed by atoms with van der Waals surface area (Å²) < 4.78 is 5.35. The van der Waals surface area contributed by atoms with E-state index >= 15 is 0 Å². The first kappa shape index (κ1) is 15.6. The highest BCUT2D eigenvalue weighted by atomic mass is 35.5. The number of hydrogen-bond acceptors (Lipinski definition) is 6. The third kappa shape index (κ3) is 4.35. The molecule has 21 heavy (non-hydrogen) atoms. The van der Waals surface area contributed by atoms with Gasteiger partial charge in [-0.15, -0.1) is 0 Å². The Labute approximate surface area is 128 Å². The van der Waals surface area contributed by atoms with Crippen molar-refractivity contribution >= 4 is 29.2 Å². The average molecular weight is 314 g/mol. The van der Waals surface area contributed by atoms with E-state index in [1.165, 1.54) is 6.20 Å². The smallest absolute Gasteiger partial charge is 0.410 e. The van der Waals surface area contributed by atoms with Gasteiger partial charge in [-0.3, -0.25) is 0 Å². The second-order valence-electron chi connectivity index (χ2n) is 6.00. The van der Waals surface area contributed by atoms with Crippen LogP contribution in [0.1, 0.15) is 27.2 Å². The molecule has 8 heteroatoms. The van der Waals surface area contributed by atoms with Gasteiger partial charge in [0.25, 0.3) is 0 Å². The van der Waals surface area contributed by atoms with E-state index in [4.69, 9.17) is 22.1 Å². The molecule has 0 aromatic carbocycles. The van der Waals surface area contributed by atoms with Crippen molar-refractivity contribution in [2.45, 2.75) is 38.8 Å². The van der Waals surface area contributed by atoms with Crippen molar-refractivity contribution in [3.05, 3.63) is 11.5 Å². The van der Waals surface area contributed by atoms with Gasteiger partial charge in [0.05, 0.1) is 11.9 Å². The van der Waals surface area contributed by atoms with Crippen LogP contribution >= 0.6 is 11.6 Å². The van der Waals surface area contributed by atoms with Crippen LogP contribution in [-0.4, -0.2) is 45.7 Å². The molecule has 1 aliphatic rings. The van der Waals surface area contributed by atoms with E-state index in [1.807, 2.05) is 20.8 Å². The first-order valence-electron chi connectivity index (χ1n) is 6.77. The van der Waals surface area contributed by atoms with Crippen molar-refractivity contribution in [2.75, 3.05) is 24.1 Å². The van der Waals surface area contributed by atoms with Crippen molar-refractivity contribution in [3.8, 4) is 0 Å². The molecule has 1 amide bonds. The second-order valence-corrected chi connectivity index (χ2v) is 6.34. The number of nitrogen functional groups attached to an aromatic ring is 1. The van der Waals surface area contributed by atoms with Crippen LogP contribution in [0.3, 0.4) is 0 Å². The fourth-order valence-corrected chi connectivity index (χ4v) is 2.18. The normalized spacial score (nSPS) is 18.7. The van der Waals surface area contributed by atoms with Crippen molar-refractivity contribution in [1.29, 1.82) is 0 Å². The molecular weight excluding hydrogens is 294 g/mol. The average Bonchev–Trinajstić information content (AvgIpc) is 2.80. The fraction of sp³-hybridized carbons (Fsp3) is 0.615. The maximum absolute atomic E-state index is 12.0. The molecule has 1 saturated heterocycles. The van der Waals surface area contributed by atoms with Crippen LogP contribution in [0, 0.1) is 0 Å². The van der Waals surface area contributed by atoms with Crippen molar-refractivity contribution in [1.82, 2.24) is 14.9 Å². The van der Waals surface area contributed by atoms with Gasteiger partial charge >= 0.3 is 6.09 Å². The molecule has 2 rings (SSSR count). The summed E-state index contributed by atoms with van der Waals surface area (Å²) in [5.41, 5.74) is 5.73. The van der Waals surface area contributed by atoms with E-state index in [1.54, 1.807) is 4.90 Å². The molecule has 2 heterocycles. The molecule has 7 nitrogen and oxygen atoms in total. The van der Waals surface area contributed by atoms with Crippen LogP contribution < -0.4 is 11.1 Å². The van der Waals surface area contributed by atoms with Gasteiger partial charge in [-0.1, -0.05) is 0 Å². The third-order valence-electron chi connectivity index (χ3n) is 2.97. The minimum Gasteiger partial charge on any atom is -0.444 e. The first-order valence-corrected chi connectivity index (χ1v) is 7.15. The van der Waals surface area contributed by atoms with Gasteiger partial charge in [-0.2, -0.15) is 4.98 Å². The fourth-order valence-electron chi connectivity index (χ4n) is 2.05. The Kier molecular flexibility index (Phi) is 4.41. The third-order valence-corrected chi connectivity index (χ3v) is 3.15. The largest absolute Gasteiger partial charge is 0.444 e. The number of aromatic nitrogens is 2. The Bertz CT molecular complexity index is 532. The van der Waals surface area contributed by atoms with Gasteiger partial charge < -0.3 is 20.7 Å². The first-order chi connectivity index (χ1) is 9.74. The number of nitrogens with two attached hydrogens (primary N) is 1. The molecule has 0 aliphatic carbocycles. The maximum Gasteiger partial charge on any atom is 0.410 e. The number of hydrogen-bond donors (Lipinski definition) is 2. The topological polar surface area (TPSA) is 93.4 Å². The SMILES string of the molecule is CC(C)(C)OC(=O)N1CC[C@@H](Nc2nc(Cl)ncc2N)C1. The standard InChI is InChI=1S/C13H20ClN5O2/c1-13(2,3)21-12(20)19-5-4-8(7-19)17-10-9(15)6-16-11(14)18-10/h6,8H,4-5,7,15H2,1-3H3,(H,16,17,18)/t8-/m1/s1. The maximum atomic E-state index is 12.0. The summed E-state index contributed by atoms with van der Waals surface area (Å²) in [6.07, 6.45) is 1.94. The summed E-state index contributed by atoms with van der Waals surface area (Å²) in [6.45, 7) is 6.71. The molecular formula is C13H20ClN5O2. The monoisotopic (exact) mass is 313 g/mol. The van der Waals surface area contributed by atoms with Crippen molar-refractivity contribution in [3.63, 3.8) is 0 Å². The van der Waals surface area contributed by atoms with Crippen molar-refractivity contribution < 1.29 is 9.53 Å². The molecule has 1 fully saturated rings. The minimum absolute atomic E-state index is 0.0609. The summed E-state index contributed by atoms with van der Waals surface area (Å²) in [5, 5.41) is 3.32. The predicted molar refractivity (Wildman–Crippen MR) is 81.3 cm³/mol. The molecule has 1 aromatic heterocycles. The number of ether oxygens (including phenoxy) is 1. The van der Waals surface area contributed by atoms with E-state index < -0.39 is 5.60 Å². The van der Waals surface area contributed by atoms with Crippen LogP contribution in [0.5, 0.6) is 0 Å². The van der Waals surface area contributed by atoms with E-state index in [9.17, 15) is 4.79 Å². The van der Waals surface area contributed by atoms with Crippen LogP contribution in [0.2, 0.25) is 5.28 Å². The highest BCUT2D eigenvalue weighted by molar-refractivity contribution is 6.28. The lowest BCUT2D eigenvalue weighted by Crippen LogP contribution is -2.36. The number of nitrogens with zero attached hydrogens (tertiary/aromatic N) is 3. The molecule has 0 radical (unpaired) electrons. The molecule has 1 atom stereocenters. The summed E-state index contributed by atoms with van der Waals surface area (Å²) in [6, 6.07) is 0.0609. The zero-order valence-electron chi connectivity index (χ0n) is 12.4. The van der Waals surface area contributed by atoms with Crippen LogP contribution in [0.15, 0.2) is 6.20 Å². The number of carbonyl (C=O) groups excluding carboxylic acids is 1. The van der Waals surface area contributed by atoms with Crippen molar-refractivity contribution in [2.24, 2.45) is 0 Å². The molecule has 3 N–H and O–H groups in total. The number of nitrogens with one attached hydrogen (secondary N) is 1. The number of anilines is 2. The number of halogens is 1. The Hall–Kier alpha value is -1.76. The number of rotatable bonds is 2. The zero-order chi connectivity index (χ0) is 15.6. The minimum atomic E-state index is -0.493. The van der Waals surface area contributed by atoms with E-state index in [0.29, 0.717) is 24.6 Å². The summed E-state index contributed by atoms with van der Waals surface area (Å²) in [4.78, 5) is 21.5. The van der Waals surface area contributed by atoms with Gasteiger partial charge in [0.1, 0.15) is 5.60 Å². The lowest BCUT2D eigenvalue weighted by Gasteiger charge is -2.24. The summed E-state index contributed by atoms with van der Waals surface area (Å²) in [7, 11) is 0. The number of likely N-dealkylation sites (tertiary alicyclic amines) is 1. The molecule has 0 bridgehead atoms. The van der Waals surface area contributed by atoms with Crippen LogP contribution in [-0.2, 0) is 4.74 Å². The Morgan fingerprint density at radius 1 is 1.57 bits per heavy atom. The highest BCUT2D eigenvalue weighted by Gasteiger charge is 2.30. The predicted octanol–water partition coefficient (Wildman–Crippen LogP) is 2.13. The van der Waals surface area contributed by atoms with E-state index in [0.717, 1.165) is 6.42 Å². The number of amides is 1. The lowest BCUT2D eigenvalue weighted by atomic mass is 10.2. The van der Waals surface area contributed by atoms with Crippen LogP contribution in [0.4, 0.5) is 16.3 Å². The van der Waals surface area contributed by atoms with Gasteiger partial charge in [-0.25, -0.2) is 9.78 Å². The molecule has 1 aromatic rings. The van der Waals surface area contributed by atoms with Crippen LogP contribution in [0.25, 0.3) is 0 Å². The summed E-state index contributed by atoms with van der Waals surface area (Å²) in [5.74, 6) is 0.492. The Morgan fingerprint density at radius 3 is 2.95 bits per heavy atom. The van der Waals surface area contributed by atoms with Gasteiger partial charge in [0, 0.05) is 19.1 Å². The van der Waals surface area contributed by atoms with Gasteiger partial charge in [0.15, 0.2) is 5.82 Å². The van der Waals surface area contributed by atoms with E-state index in [-0.39, 0.29) is 17.4 Å². The molecule has 0 spiro atoms. The Balaban J connectivity index is 1.93. The van der Waals surface area contributed by atoms with Gasteiger partial charge in [-0.05, 0) is 38.8 Å². The quantitative estimate of drug-likeness (QED) is 0.812. The van der Waals surface area contributed by atoms with E-state index in [2.05, 4.69) is 15.3 Å². The molecule has 0 unspecified atom stereocenters. The second kappa shape index (κ2) is 5.93. The number of carbonyl (C=O) groups is 1. The Morgan fingerprint density at radius 2 is 2.29 bits per heavy atom. The zero-order valence-corrected chi connectivity index (χ0v) is 13.1. The van der Waals surface area contributed by atoms with Gasteiger partial charge in [0.2, 0.25) is 5.28 Å². The molecule has 116 valence electrons.